The van der Waals surface area contributed by atoms with Gasteiger partial charge in [-0.2, -0.15) is 0 Å². The highest BCUT2D eigenvalue weighted by atomic mass is 14.6. The van der Waals surface area contributed by atoms with E-state index in [9.17, 15) is 0 Å². The number of hydrogen-bond acceptors (Lipinski definition) is 0. The lowest BCUT2D eigenvalue weighted by molar-refractivity contribution is 1.20. The first-order valence-electron chi connectivity index (χ1n) is 4.27. The molecule has 0 aromatic heterocycles. The number of allylic oxidation sites excluding steroid dienone is 1. The summed E-state index contributed by atoms with van der Waals surface area (Å²) in [7, 11) is 0. The zero-order chi connectivity index (χ0) is 9.84. The third-order valence-corrected chi connectivity index (χ3v) is 2.14. The topological polar surface area (TPSA) is 4.36 Å². The first-order chi connectivity index (χ1) is 6.19. The van der Waals surface area contributed by atoms with Crippen molar-refractivity contribution in [2.75, 3.05) is 0 Å². The fourth-order valence-electron chi connectivity index (χ4n) is 1.36. The van der Waals surface area contributed by atoms with Gasteiger partial charge in [0, 0.05) is 0 Å². The molecule has 0 bridgehead atoms. The first-order valence-corrected chi connectivity index (χ1v) is 4.27. The van der Waals surface area contributed by atoms with Crippen molar-refractivity contribution in [1.82, 2.24) is 0 Å². The highest BCUT2D eigenvalue weighted by Gasteiger charge is 2.02. The molecule has 0 aliphatic heterocycles. The van der Waals surface area contributed by atoms with E-state index in [2.05, 4.69) is 17.5 Å². The van der Waals surface area contributed by atoms with Crippen LogP contribution in [0.5, 0.6) is 0 Å². The standard InChI is InChI=1S/C12H13N/c1-5-6-11-7-10(3)12(13-4)8-9(11)2/h5,7-8H,1,6H2,2-3H3. The van der Waals surface area contributed by atoms with Crippen LogP contribution in [0.3, 0.4) is 0 Å². The Labute approximate surface area is 79.5 Å². The van der Waals surface area contributed by atoms with Crippen molar-refractivity contribution in [3.8, 4) is 0 Å². The van der Waals surface area contributed by atoms with Gasteiger partial charge in [-0.25, -0.2) is 4.85 Å². The molecule has 0 fully saturated rings. The number of benzene rings is 1. The Balaban J connectivity index is 3.21. The van der Waals surface area contributed by atoms with E-state index in [1.165, 1.54) is 11.1 Å². The van der Waals surface area contributed by atoms with E-state index >= 15 is 0 Å². The Bertz CT molecular complexity index is 369. The van der Waals surface area contributed by atoms with Crippen LogP contribution in [0.15, 0.2) is 24.8 Å². The second-order valence-corrected chi connectivity index (χ2v) is 3.17. The van der Waals surface area contributed by atoms with Gasteiger partial charge < -0.3 is 0 Å². The maximum absolute atomic E-state index is 6.96. The lowest BCUT2D eigenvalue weighted by Gasteiger charge is -2.06. The van der Waals surface area contributed by atoms with Gasteiger partial charge in [-0.05, 0) is 31.4 Å². The Morgan fingerprint density at radius 2 is 2.08 bits per heavy atom. The molecule has 0 spiro atoms. The Morgan fingerprint density at radius 1 is 1.38 bits per heavy atom. The van der Waals surface area contributed by atoms with E-state index in [0.29, 0.717) is 0 Å². The molecule has 0 unspecified atom stereocenters. The second kappa shape index (κ2) is 3.91. The molecule has 0 amide bonds. The lowest BCUT2D eigenvalue weighted by atomic mass is 10.0. The van der Waals surface area contributed by atoms with Crippen LogP contribution < -0.4 is 0 Å². The first kappa shape index (κ1) is 9.54. The maximum atomic E-state index is 6.96. The van der Waals surface area contributed by atoms with Crippen molar-refractivity contribution in [2.24, 2.45) is 0 Å². The van der Waals surface area contributed by atoms with E-state index in [0.717, 1.165) is 17.7 Å². The largest absolute Gasteiger partial charge is 0.238 e. The molecule has 0 atom stereocenters. The molecule has 66 valence electrons. The fraction of sp³-hybridized carbons (Fsp3) is 0.250. The van der Waals surface area contributed by atoms with Gasteiger partial charge in [-0.3, -0.25) is 0 Å². The summed E-state index contributed by atoms with van der Waals surface area (Å²) >= 11 is 0. The third-order valence-electron chi connectivity index (χ3n) is 2.14. The summed E-state index contributed by atoms with van der Waals surface area (Å²) in [5.74, 6) is 0. The molecular weight excluding hydrogens is 158 g/mol. The maximum Gasteiger partial charge on any atom is 0.190 e. The van der Waals surface area contributed by atoms with Crippen LogP contribution >= 0.6 is 0 Å². The number of aryl methyl sites for hydroxylation is 2. The highest BCUT2D eigenvalue weighted by Crippen LogP contribution is 2.23. The van der Waals surface area contributed by atoms with Crippen molar-refractivity contribution < 1.29 is 0 Å². The summed E-state index contributed by atoms with van der Waals surface area (Å²) in [6, 6.07) is 4.02. The molecule has 1 heteroatoms. The van der Waals surface area contributed by atoms with Crippen molar-refractivity contribution in [2.45, 2.75) is 20.3 Å². The second-order valence-electron chi connectivity index (χ2n) is 3.17. The molecule has 1 rings (SSSR count). The van der Waals surface area contributed by atoms with Crippen molar-refractivity contribution >= 4 is 5.69 Å². The van der Waals surface area contributed by atoms with E-state index in [-0.39, 0.29) is 0 Å². The van der Waals surface area contributed by atoms with Crippen LogP contribution in [0.25, 0.3) is 4.85 Å². The van der Waals surface area contributed by atoms with Crippen LogP contribution in [0.1, 0.15) is 16.7 Å². The predicted octanol–water partition coefficient (Wildman–Crippen LogP) is 3.58. The molecule has 0 saturated carbocycles. The molecule has 13 heavy (non-hydrogen) atoms. The summed E-state index contributed by atoms with van der Waals surface area (Å²) in [6.45, 7) is 14.7. The molecule has 0 saturated heterocycles. The molecule has 0 N–H and O–H groups in total. The average Bonchev–Trinajstić information content (AvgIpc) is 2.11. The molecule has 0 aliphatic rings. The molecule has 0 radical (unpaired) electrons. The summed E-state index contributed by atoms with van der Waals surface area (Å²) in [5, 5.41) is 0. The Hall–Kier alpha value is -1.55. The summed E-state index contributed by atoms with van der Waals surface area (Å²) in [4.78, 5) is 3.46. The number of rotatable bonds is 2. The zero-order valence-corrected chi connectivity index (χ0v) is 8.09. The van der Waals surface area contributed by atoms with Crippen LogP contribution in [0, 0.1) is 20.4 Å². The lowest BCUT2D eigenvalue weighted by Crippen LogP contribution is -1.88. The molecule has 0 heterocycles. The number of hydrogen-bond donors (Lipinski definition) is 0. The zero-order valence-electron chi connectivity index (χ0n) is 8.09. The SMILES string of the molecule is [C-]#[N+]c1cc(C)c(CC=C)cc1C. The van der Waals surface area contributed by atoms with Crippen molar-refractivity contribution in [3.05, 3.63) is 52.9 Å². The normalized spacial score (nSPS) is 9.31. The summed E-state index contributed by atoms with van der Waals surface area (Å²) in [6.07, 6.45) is 2.77. The smallest absolute Gasteiger partial charge is 0.190 e. The van der Waals surface area contributed by atoms with Gasteiger partial charge >= 0.3 is 0 Å². The average molecular weight is 171 g/mol. The summed E-state index contributed by atoms with van der Waals surface area (Å²) in [5.41, 5.74) is 4.25. The van der Waals surface area contributed by atoms with Gasteiger partial charge in [0.1, 0.15) is 0 Å². The fourth-order valence-corrected chi connectivity index (χ4v) is 1.36. The van der Waals surface area contributed by atoms with Gasteiger partial charge in [0.15, 0.2) is 5.69 Å². The van der Waals surface area contributed by atoms with Crippen LogP contribution in [-0.2, 0) is 6.42 Å². The predicted molar refractivity (Wildman–Crippen MR) is 56.1 cm³/mol. The Morgan fingerprint density at radius 3 is 2.62 bits per heavy atom. The van der Waals surface area contributed by atoms with Gasteiger partial charge in [-0.15, -0.1) is 6.58 Å². The molecule has 1 aromatic rings. The quantitative estimate of drug-likeness (QED) is 0.473. The van der Waals surface area contributed by atoms with Gasteiger partial charge in [0.25, 0.3) is 0 Å². The Kier molecular flexibility index (Phi) is 2.87. The molecular formula is C12H13N. The van der Waals surface area contributed by atoms with Crippen molar-refractivity contribution in [3.63, 3.8) is 0 Å². The van der Waals surface area contributed by atoms with E-state index in [1.54, 1.807) is 0 Å². The van der Waals surface area contributed by atoms with Gasteiger partial charge in [0.05, 0.1) is 6.57 Å². The molecule has 0 aliphatic carbocycles. The van der Waals surface area contributed by atoms with E-state index in [4.69, 9.17) is 6.57 Å². The minimum atomic E-state index is 0.755. The van der Waals surface area contributed by atoms with Crippen LogP contribution in [0.2, 0.25) is 0 Å². The summed E-state index contributed by atoms with van der Waals surface area (Å²) < 4.78 is 0. The third kappa shape index (κ3) is 1.97. The van der Waals surface area contributed by atoms with E-state index < -0.39 is 0 Å². The minimum Gasteiger partial charge on any atom is -0.238 e. The van der Waals surface area contributed by atoms with Gasteiger partial charge in [0.2, 0.25) is 0 Å². The monoisotopic (exact) mass is 171 g/mol. The number of nitrogens with zero attached hydrogens (tertiary/aromatic N) is 1. The molecule has 1 nitrogen and oxygen atoms in total. The van der Waals surface area contributed by atoms with E-state index in [1.807, 2.05) is 26.0 Å². The molecule has 1 aromatic carbocycles. The highest BCUT2D eigenvalue weighted by molar-refractivity contribution is 5.55. The van der Waals surface area contributed by atoms with Crippen LogP contribution in [0.4, 0.5) is 5.69 Å². The minimum absolute atomic E-state index is 0.755. The van der Waals surface area contributed by atoms with Crippen LogP contribution in [-0.4, -0.2) is 0 Å². The van der Waals surface area contributed by atoms with Gasteiger partial charge in [-0.1, -0.05) is 23.8 Å². The van der Waals surface area contributed by atoms with Crippen molar-refractivity contribution in [1.29, 1.82) is 0 Å².